The molecule has 1 fully saturated rings. The van der Waals surface area contributed by atoms with Gasteiger partial charge in [-0.3, -0.25) is 14.4 Å². The minimum Gasteiger partial charge on any atom is -0.504 e. The summed E-state index contributed by atoms with van der Waals surface area (Å²) in [5.41, 5.74) is 5.48. The number of aromatic nitrogens is 2. The fourth-order valence-corrected chi connectivity index (χ4v) is 9.77. The molecule has 0 unspecified atom stereocenters. The number of ketones is 2. The predicted molar refractivity (Wildman–Crippen MR) is 230 cm³/mol. The number of aromatic amines is 1. The summed E-state index contributed by atoms with van der Waals surface area (Å²) in [6.07, 6.45) is 22.8. The highest BCUT2D eigenvalue weighted by Crippen LogP contribution is 2.48. The van der Waals surface area contributed by atoms with Gasteiger partial charge in [-0.05, 0) is 103 Å². The molecule has 7 rings (SSSR count). The number of carbonyl (C=O) groups excluding carboxylic acids is 3. The van der Waals surface area contributed by atoms with E-state index in [2.05, 4.69) is 52.7 Å². The van der Waals surface area contributed by atoms with Crippen LogP contribution in [0.4, 0.5) is 5.69 Å². The van der Waals surface area contributed by atoms with Crippen molar-refractivity contribution >= 4 is 34.0 Å². The van der Waals surface area contributed by atoms with E-state index in [1.807, 2.05) is 29.1 Å². The van der Waals surface area contributed by atoms with Crippen molar-refractivity contribution in [2.45, 2.75) is 116 Å². The number of methoxy groups -OCH3 is 1. The van der Waals surface area contributed by atoms with Crippen molar-refractivity contribution in [1.82, 2.24) is 14.9 Å². The van der Waals surface area contributed by atoms with Crippen molar-refractivity contribution in [2.24, 2.45) is 11.3 Å². The van der Waals surface area contributed by atoms with Crippen molar-refractivity contribution in [1.29, 1.82) is 0 Å². The zero-order valence-corrected chi connectivity index (χ0v) is 35.0. The van der Waals surface area contributed by atoms with Gasteiger partial charge in [-0.1, -0.05) is 50.8 Å². The number of Topliss-reactive ketones (excluding diaryl/α,β-unsaturated/α-hetero) is 2. The van der Waals surface area contributed by atoms with Crippen LogP contribution in [0.25, 0.3) is 10.8 Å². The summed E-state index contributed by atoms with van der Waals surface area (Å²) in [4.78, 5) is 44.9. The molecule has 2 aromatic carbocycles. The van der Waals surface area contributed by atoms with Gasteiger partial charge in [-0.15, -0.1) is 0 Å². The van der Waals surface area contributed by atoms with Crippen molar-refractivity contribution < 1.29 is 34.1 Å². The third-order valence-electron chi connectivity index (χ3n) is 13.0. The van der Waals surface area contributed by atoms with Gasteiger partial charge in [0.15, 0.2) is 11.5 Å². The number of nitrogens with zero attached hydrogens (tertiary/aromatic N) is 2. The minimum absolute atomic E-state index is 0.0301. The maximum Gasteiger partial charge on any atom is 0.302 e. The smallest absolute Gasteiger partial charge is 0.302 e. The summed E-state index contributed by atoms with van der Waals surface area (Å²) in [6, 6.07) is 8.64. The molecule has 3 aliphatic rings. The lowest BCUT2D eigenvalue weighted by Gasteiger charge is -2.41. The van der Waals surface area contributed by atoms with Crippen LogP contribution in [-0.4, -0.2) is 63.6 Å². The summed E-state index contributed by atoms with van der Waals surface area (Å²) in [6.45, 7) is 6.37. The number of esters is 1. The zero-order valence-electron chi connectivity index (χ0n) is 35.0. The summed E-state index contributed by atoms with van der Waals surface area (Å²) in [5, 5.41) is 26.9. The number of phenolic OH excluding ortho intramolecular Hbond substituents is 2. The van der Waals surface area contributed by atoms with E-state index in [0.29, 0.717) is 37.4 Å². The second-order valence-electron chi connectivity index (χ2n) is 17.0. The highest BCUT2D eigenvalue weighted by atomic mass is 16.5. The SMILES string of the molecule is CC[C@H]1CC[C@@H](OC(C)=O)CC(=O)C[C@@H](c2cc(O)c(O)c(OC)c2)n2cc3cccc(c3c2)N(CCC(C)=O)C2=CC(=CCN2)C2(CCCCC2)Cc2c[nH]cc2C1. The topological polar surface area (TPSA) is 146 Å². The van der Waals surface area contributed by atoms with E-state index in [4.69, 9.17) is 9.47 Å². The van der Waals surface area contributed by atoms with Gasteiger partial charge in [-0.25, -0.2) is 0 Å². The standard InChI is InChI=1S/C48H60N4O7/c1-5-33-12-13-40(59-32(3)54)24-39(55)25-43(35-21-44(56)47(57)45(22-35)58-4)51-29-34-10-9-11-42(41(34)30-51)52(19-15-31(2)53)46-23-38(14-18-50-46)48(16-7-6-8-17-48)26-37-28-49-27-36(37)20-33/h9-11,14,21-23,27-30,33,40,43,49-50,56-57H,5-8,12-13,15-20,24-26H2,1-4H3/t33-,40+,43-/m0/s1. The van der Waals surface area contributed by atoms with Gasteiger partial charge in [-0.2, -0.15) is 0 Å². The van der Waals surface area contributed by atoms with Crippen LogP contribution >= 0.6 is 0 Å². The lowest BCUT2D eigenvalue weighted by molar-refractivity contribution is -0.148. The van der Waals surface area contributed by atoms with Gasteiger partial charge in [0.2, 0.25) is 5.75 Å². The first kappa shape index (κ1) is 41.7. The fourth-order valence-electron chi connectivity index (χ4n) is 9.77. The number of fused-ring (bicyclic) bond motifs is 4. The Kier molecular flexibility index (Phi) is 12.9. The molecule has 4 aromatic rings. The van der Waals surface area contributed by atoms with Crippen LogP contribution in [0.1, 0.15) is 114 Å². The second-order valence-corrected chi connectivity index (χ2v) is 17.0. The third kappa shape index (κ3) is 9.40. The molecule has 0 amide bonds. The Hall–Kier alpha value is -5.45. The molecular formula is C48H60N4O7. The first-order valence-corrected chi connectivity index (χ1v) is 21.4. The Morgan fingerprint density at radius 3 is 2.53 bits per heavy atom. The van der Waals surface area contributed by atoms with Crippen LogP contribution in [0, 0.1) is 11.3 Å². The number of anilines is 1. The number of H-pyrrole nitrogens is 1. The molecule has 1 aliphatic carbocycles. The van der Waals surface area contributed by atoms with E-state index < -0.39 is 18.1 Å². The lowest BCUT2D eigenvalue weighted by Crippen LogP contribution is -2.38. The van der Waals surface area contributed by atoms with E-state index >= 15 is 0 Å². The number of rotatable bonds is 7. The molecule has 1 saturated carbocycles. The molecule has 4 N–H and O–H groups in total. The van der Waals surface area contributed by atoms with E-state index in [9.17, 15) is 24.6 Å². The Labute approximate surface area is 347 Å². The molecule has 2 aliphatic heterocycles. The minimum atomic E-state index is -0.607. The molecule has 0 saturated heterocycles. The number of ether oxygens (including phenoxy) is 2. The summed E-state index contributed by atoms with van der Waals surface area (Å²) < 4.78 is 13.3. The number of hydrogen-bond acceptors (Lipinski definition) is 9. The van der Waals surface area contributed by atoms with Gasteiger partial charge in [0.25, 0.3) is 0 Å². The number of phenols is 2. The van der Waals surface area contributed by atoms with Gasteiger partial charge < -0.3 is 39.5 Å². The number of hydrogen-bond donors (Lipinski definition) is 4. The van der Waals surface area contributed by atoms with Gasteiger partial charge in [0.1, 0.15) is 23.5 Å². The molecular weight excluding hydrogens is 745 g/mol. The van der Waals surface area contributed by atoms with E-state index in [1.165, 1.54) is 56.1 Å². The fraction of sp³-hybridized carbons (Fsp3) is 0.479. The average molecular weight is 805 g/mol. The Morgan fingerprint density at radius 2 is 1.78 bits per heavy atom. The molecule has 4 bridgehead atoms. The van der Waals surface area contributed by atoms with Crippen LogP contribution in [0.3, 0.4) is 0 Å². The van der Waals surface area contributed by atoms with Crippen LogP contribution in [0.5, 0.6) is 17.2 Å². The van der Waals surface area contributed by atoms with Crippen LogP contribution in [-0.2, 0) is 32.0 Å². The van der Waals surface area contributed by atoms with Crippen molar-refractivity contribution in [3.8, 4) is 17.2 Å². The van der Waals surface area contributed by atoms with Crippen molar-refractivity contribution in [2.75, 3.05) is 25.1 Å². The molecule has 0 radical (unpaired) electrons. The molecule has 314 valence electrons. The van der Waals surface area contributed by atoms with Crippen LogP contribution < -0.4 is 15.0 Å². The number of carbonyl (C=O) groups is 3. The maximum absolute atomic E-state index is 14.2. The molecule has 4 heterocycles. The van der Waals surface area contributed by atoms with Crippen molar-refractivity contribution in [3.63, 3.8) is 0 Å². The Bertz CT molecular complexity index is 2220. The maximum atomic E-state index is 14.2. The van der Waals surface area contributed by atoms with Gasteiger partial charge in [0.05, 0.1) is 18.8 Å². The zero-order chi connectivity index (χ0) is 41.7. The Morgan fingerprint density at radius 1 is 0.983 bits per heavy atom. The molecule has 1 spiro atoms. The number of aromatic hydroxyl groups is 2. The predicted octanol–water partition coefficient (Wildman–Crippen LogP) is 8.97. The molecule has 11 nitrogen and oxygen atoms in total. The second kappa shape index (κ2) is 18.2. The van der Waals surface area contributed by atoms with Crippen LogP contribution in [0.2, 0.25) is 0 Å². The molecule has 3 atom stereocenters. The third-order valence-corrected chi connectivity index (χ3v) is 13.0. The van der Waals surface area contributed by atoms with Gasteiger partial charge in [0, 0.05) is 74.8 Å². The average Bonchev–Trinajstić information content (AvgIpc) is 3.86. The molecule has 2 aromatic heterocycles. The first-order valence-electron chi connectivity index (χ1n) is 21.4. The normalized spacial score (nSPS) is 21.5. The monoisotopic (exact) mass is 804 g/mol. The lowest BCUT2D eigenvalue weighted by atomic mass is 9.65. The number of allylic oxidation sites excluding steroid dienone is 2. The summed E-state index contributed by atoms with van der Waals surface area (Å²) in [5.74, 6) is 0.219. The quantitative estimate of drug-likeness (QED) is 0.106. The first-order chi connectivity index (χ1) is 28.5. The highest BCUT2D eigenvalue weighted by Gasteiger charge is 2.37. The number of benzene rings is 2. The molecule has 59 heavy (non-hydrogen) atoms. The van der Waals surface area contributed by atoms with E-state index in [0.717, 1.165) is 60.8 Å². The number of nitrogens with one attached hydrogen (secondary N) is 2. The van der Waals surface area contributed by atoms with Crippen LogP contribution in [0.15, 0.2) is 78.7 Å². The highest BCUT2D eigenvalue weighted by molar-refractivity contribution is 5.95. The molecule has 11 heteroatoms. The van der Waals surface area contributed by atoms with Crippen molar-refractivity contribution in [3.05, 3.63) is 95.4 Å². The number of dihydropyridines is 1. The van der Waals surface area contributed by atoms with Gasteiger partial charge >= 0.3 is 5.97 Å². The Balaban J connectivity index is 1.39. The largest absolute Gasteiger partial charge is 0.504 e. The summed E-state index contributed by atoms with van der Waals surface area (Å²) >= 11 is 0. The van der Waals surface area contributed by atoms with E-state index in [1.54, 1.807) is 13.0 Å². The van der Waals surface area contributed by atoms with E-state index in [-0.39, 0.29) is 47.1 Å². The summed E-state index contributed by atoms with van der Waals surface area (Å²) in [7, 11) is 1.42.